The van der Waals surface area contributed by atoms with E-state index in [-0.39, 0.29) is 18.0 Å². The van der Waals surface area contributed by atoms with E-state index in [2.05, 4.69) is 19.9 Å². The number of anilines is 2. The van der Waals surface area contributed by atoms with Gasteiger partial charge in [0.25, 0.3) is 5.56 Å². The van der Waals surface area contributed by atoms with Crippen LogP contribution >= 0.6 is 0 Å². The van der Waals surface area contributed by atoms with Crippen molar-refractivity contribution in [3.63, 3.8) is 0 Å². The van der Waals surface area contributed by atoms with E-state index in [1.54, 1.807) is 11.0 Å². The summed E-state index contributed by atoms with van der Waals surface area (Å²) in [4.78, 5) is 39.8. The lowest BCUT2D eigenvalue weighted by molar-refractivity contribution is -0.132. The third-order valence-corrected chi connectivity index (χ3v) is 5.24. The van der Waals surface area contributed by atoms with E-state index in [4.69, 9.17) is 4.98 Å². The summed E-state index contributed by atoms with van der Waals surface area (Å²) < 4.78 is 1.20. The van der Waals surface area contributed by atoms with Crippen molar-refractivity contribution in [2.24, 2.45) is 0 Å². The number of piperazine rings is 1. The first kappa shape index (κ1) is 18.4. The number of aromatic nitrogens is 4. The second-order valence-corrected chi connectivity index (χ2v) is 7.25. The molecule has 2 fully saturated rings. The fourth-order valence-electron chi connectivity index (χ4n) is 3.68. The molecule has 0 aliphatic carbocycles. The molecule has 0 bridgehead atoms. The first-order valence-electron chi connectivity index (χ1n) is 9.76. The molecule has 0 atom stereocenters. The van der Waals surface area contributed by atoms with E-state index in [0.717, 1.165) is 30.5 Å². The summed E-state index contributed by atoms with van der Waals surface area (Å²) in [6.07, 6.45) is 3.93. The Hall–Kier alpha value is -2.97. The Kier molecular flexibility index (Phi) is 5.23. The Morgan fingerprint density at radius 2 is 1.79 bits per heavy atom. The third kappa shape index (κ3) is 3.97. The SMILES string of the molecule is Cc1cc(N2CCCC2)nc(N2CCN(C(=O)Cn3ncccc3=O)CC2)n1. The molecule has 4 heterocycles. The standard InChI is InChI=1S/C19H25N7O2/c1-15-13-16(23-7-2-3-8-23)22-19(21-15)25-11-9-24(10-12-25)18(28)14-26-17(27)5-4-6-20-26/h4-6,13H,2-3,7-12,14H2,1H3. The monoisotopic (exact) mass is 383 g/mol. The fourth-order valence-corrected chi connectivity index (χ4v) is 3.68. The van der Waals surface area contributed by atoms with Gasteiger partial charge < -0.3 is 14.7 Å². The van der Waals surface area contributed by atoms with Crippen molar-refractivity contribution < 1.29 is 4.79 Å². The van der Waals surface area contributed by atoms with Crippen LogP contribution in [0.1, 0.15) is 18.5 Å². The summed E-state index contributed by atoms with van der Waals surface area (Å²) in [5.41, 5.74) is 0.692. The van der Waals surface area contributed by atoms with Crippen LogP contribution in [0.15, 0.2) is 29.2 Å². The van der Waals surface area contributed by atoms with E-state index < -0.39 is 0 Å². The molecule has 0 spiro atoms. The predicted molar refractivity (Wildman–Crippen MR) is 106 cm³/mol. The van der Waals surface area contributed by atoms with Crippen LogP contribution in [-0.2, 0) is 11.3 Å². The molecule has 9 nitrogen and oxygen atoms in total. The van der Waals surface area contributed by atoms with Gasteiger partial charge in [-0.2, -0.15) is 10.1 Å². The molecule has 2 aromatic rings. The second-order valence-electron chi connectivity index (χ2n) is 7.25. The molecule has 0 unspecified atom stereocenters. The first-order valence-corrected chi connectivity index (χ1v) is 9.76. The van der Waals surface area contributed by atoms with Gasteiger partial charge in [0, 0.05) is 63.3 Å². The average Bonchev–Trinajstić information content (AvgIpc) is 3.24. The number of amides is 1. The number of nitrogens with zero attached hydrogens (tertiary/aromatic N) is 7. The zero-order chi connectivity index (χ0) is 19.5. The third-order valence-electron chi connectivity index (χ3n) is 5.24. The molecule has 4 rings (SSSR count). The van der Waals surface area contributed by atoms with Crippen molar-refractivity contribution in [3.8, 4) is 0 Å². The average molecular weight is 383 g/mol. The van der Waals surface area contributed by atoms with Gasteiger partial charge in [0.15, 0.2) is 0 Å². The molecule has 0 saturated carbocycles. The first-order chi connectivity index (χ1) is 13.6. The van der Waals surface area contributed by atoms with Gasteiger partial charge in [0.05, 0.1) is 0 Å². The lowest BCUT2D eigenvalue weighted by Gasteiger charge is -2.35. The predicted octanol–water partition coefficient (Wildman–Crippen LogP) is 0.291. The molecule has 0 radical (unpaired) electrons. The van der Waals surface area contributed by atoms with Gasteiger partial charge in [-0.1, -0.05) is 0 Å². The zero-order valence-electron chi connectivity index (χ0n) is 16.1. The van der Waals surface area contributed by atoms with Crippen LogP contribution in [-0.4, -0.2) is 69.8 Å². The van der Waals surface area contributed by atoms with Crippen molar-refractivity contribution in [1.29, 1.82) is 0 Å². The minimum Gasteiger partial charge on any atom is -0.356 e. The number of rotatable bonds is 4. The number of hydrogen-bond acceptors (Lipinski definition) is 7. The molecule has 9 heteroatoms. The number of carbonyl (C=O) groups excluding carboxylic acids is 1. The summed E-state index contributed by atoms with van der Waals surface area (Å²) in [7, 11) is 0. The van der Waals surface area contributed by atoms with E-state index in [0.29, 0.717) is 26.2 Å². The van der Waals surface area contributed by atoms with Crippen LogP contribution in [0.3, 0.4) is 0 Å². The van der Waals surface area contributed by atoms with Crippen LogP contribution in [0.4, 0.5) is 11.8 Å². The van der Waals surface area contributed by atoms with Crippen LogP contribution in [0.25, 0.3) is 0 Å². The summed E-state index contributed by atoms with van der Waals surface area (Å²) in [6, 6.07) is 5.02. The zero-order valence-corrected chi connectivity index (χ0v) is 16.1. The molecule has 1 amide bonds. The Bertz CT molecular complexity index is 899. The highest BCUT2D eigenvalue weighted by Crippen LogP contribution is 2.22. The van der Waals surface area contributed by atoms with Gasteiger partial charge >= 0.3 is 0 Å². The molecular formula is C19H25N7O2. The molecule has 28 heavy (non-hydrogen) atoms. The number of aryl methyl sites for hydroxylation is 1. The Morgan fingerprint density at radius 3 is 2.50 bits per heavy atom. The molecule has 2 aromatic heterocycles. The Morgan fingerprint density at radius 1 is 1.04 bits per heavy atom. The smallest absolute Gasteiger partial charge is 0.267 e. The maximum atomic E-state index is 12.5. The summed E-state index contributed by atoms with van der Waals surface area (Å²) in [6.45, 7) is 6.57. The van der Waals surface area contributed by atoms with Crippen molar-refractivity contribution in [3.05, 3.63) is 40.4 Å². The normalized spacial score (nSPS) is 17.2. The van der Waals surface area contributed by atoms with Crippen LogP contribution < -0.4 is 15.4 Å². The van der Waals surface area contributed by atoms with Gasteiger partial charge in [-0.25, -0.2) is 9.67 Å². The van der Waals surface area contributed by atoms with Gasteiger partial charge in [0.2, 0.25) is 11.9 Å². The molecule has 0 aromatic carbocycles. The molecule has 2 aliphatic rings. The Balaban J connectivity index is 1.39. The van der Waals surface area contributed by atoms with Gasteiger partial charge in [-0.05, 0) is 25.8 Å². The Labute approximate surface area is 163 Å². The van der Waals surface area contributed by atoms with E-state index in [9.17, 15) is 9.59 Å². The van der Waals surface area contributed by atoms with Crippen LogP contribution in [0, 0.1) is 6.92 Å². The largest absolute Gasteiger partial charge is 0.356 e. The summed E-state index contributed by atoms with van der Waals surface area (Å²) in [5.74, 6) is 1.63. The van der Waals surface area contributed by atoms with Crippen molar-refractivity contribution in [2.75, 3.05) is 49.1 Å². The maximum absolute atomic E-state index is 12.5. The minimum atomic E-state index is -0.267. The van der Waals surface area contributed by atoms with Crippen LogP contribution in [0.2, 0.25) is 0 Å². The fraction of sp³-hybridized carbons (Fsp3) is 0.526. The minimum absolute atomic E-state index is 0.0280. The summed E-state index contributed by atoms with van der Waals surface area (Å²) >= 11 is 0. The molecule has 148 valence electrons. The highest BCUT2D eigenvalue weighted by atomic mass is 16.2. The molecule has 0 N–H and O–H groups in total. The van der Waals surface area contributed by atoms with Crippen LogP contribution in [0.5, 0.6) is 0 Å². The van der Waals surface area contributed by atoms with Crippen molar-refractivity contribution >= 4 is 17.7 Å². The highest BCUT2D eigenvalue weighted by molar-refractivity contribution is 5.76. The number of carbonyl (C=O) groups is 1. The lowest BCUT2D eigenvalue weighted by atomic mass is 10.3. The van der Waals surface area contributed by atoms with Gasteiger partial charge in [0.1, 0.15) is 12.4 Å². The molecule has 2 saturated heterocycles. The van der Waals surface area contributed by atoms with Gasteiger partial charge in [-0.15, -0.1) is 0 Å². The van der Waals surface area contributed by atoms with E-state index in [1.807, 2.05) is 13.0 Å². The summed E-state index contributed by atoms with van der Waals surface area (Å²) in [5, 5.41) is 3.95. The highest BCUT2D eigenvalue weighted by Gasteiger charge is 2.24. The number of hydrogen-bond donors (Lipinski definition) is 0. The van der Waals surface area contributed by atoms with E-state index in [1.165, 1.54) is 29.8 Å². The second kappa shape index (κ2) is 7.95. The van der Waals surface area contributed by atoms with Crippen molar-refractivity contribution in [1.82, 2.24) is 24.6 Å². The van der Waals surface area contributed by atoms with Crippen molar-refractivity contribution in [2.45, 2.75) is 26.3 Å². The maximum Gasteiger partial charge on any atom is 0.267 e. The molecular weight excluding hydrogens is 358 g/mol. The molecule has 2 aliphatic heterocycles. The topological polar surface area (TPSA) is 87.5 Å². The van der Waals surface area contributed by atoms with Gasteiger partial charge in [-0.3, -0.25) is 9.59 Å². The quantitative estimate of drug-likeness (QED) is 0.750. The lowest BCUT2D eigenvalue weighted by Crippen LogP contribution is -2.50. The van der Waals surface area contributed by atoms with E-state index >= 15 is 0 Å².